The number of benzene rings is 2. The molecule has 1 aliphatic carbocycles. The van der Waals surface area contributed by atoms with Crippen molar-refractivity contribution in [2.75, 3.05) is 21.3 Å². The van der Waals surface area contributed by atoms with Crippen LogP contribution in [0.5, 0.6) is 17.2 Å². The molecule has 1 fully saturated rings. The summed E-state index contributed by atoms with van der Waals surface area (Å²) in [4.78, 5) is 12.5. The third-order valence-corrected chi connectivity index (χ3v) is 5.41. The van der Waals surface area contributed by atoms with Crippen LogP contribution in [0.4, 0.5) is 0 Å². The van der Waals surface area contributed by atoms with Crippen molar-refractivity contribution in [1.29, 1.82) is 0 Å². The minimum atomic E-state index is -0.0661. The van der Waals surface area contributed by atoms with Crippen LogP contribution in [0.15, 0.2) is 41.5 Å². The van der Waals surface area contributed by atoms with E-state index >= 15 is 0 Å². The number of nitrogens with one attached hydrogen (secondary N) is 1. The molecule has 1 saturated carbocycles. The highest BCUT2D eigenvalue weighted by molar-refractivity contribution is 5.86. The highest BCUT2D eigenvalue weighted by Crippen LogP contribution is 2.47. The summed E-state index contributed by atoms with van der Waals surface area (Å²) in [6.45, 7) is 6.59. The molecule has 0 bridgehead atoms. The topological polar surface area (TPSA) is 69.2 Å². The van der Waals surface area contributed by atoms with Crippen LogP contribution in [0.25, 0.3) is 0 Å². The number of hydrogen-bond acceptors (Lipinski definition) is 5. The molecule has 1 amide bonds. The van der Waals surface area contributed by atoms with Crippen LogP contribution in [-0.2, 0) is 10.2 Å². The predicted octanol–water partition coefficient (Wildman–Crippen LogP) is 4.26. The maximum Gasteiger partial charge on any atom is 0.243 e. The number of hydrazone groups is 1. The Morgan fingerprint density at radius 3 is 2.13 bits per heavy atom. The maximum atomic E-state index is 12.5. The number of methoxy groups -OCH3 is 3. The Morgan fingerprint density at radius 1 is 1.03 bits per heavy atom. The van der Waals surface area contributed by atoms with E-state index in [0.29, 0.717) is 17.2 Å². The summed E-state index contributed by atoms with van der Waals surface area (Å²) < 4.78 is 16.0. The Labute approximate surface area is 178 Å². The molecule has 0 saturated heterocycles. The Hall–Kier alpha value is -3.02. The summed E-state index contributed by atoms with van der Waals surface area (Å²) >= 11 is 0. The van der Waals surface area contributed by atoms with Crippen molar-refractivity contribution in [1.82, 2.24) is 5.43 Å². The van der Waals surface area contributed by atoms with Crippen molar-refractivity contribution in [3.8, 4) is 17.2 Å². The second kappa shape index (κ2) is 8.78. The third kappa shape index (κ3) is 4.75. The molecule has 2 unspecified atom stereocenters. The minimum absolute atomic E-state index is 0.0393. The van der Waals surface area contributed by atoms with Gasteiger partial charge >= 0.3 is 0 Å². The molecule has 3 rings (SSSR count). The van der Waals surface area contributed by atoms with E-state index in [2.05, 4.69) is 55.6 Å². The van der Waals surface area contributed by atoms with Gasteiger partial charge < -0.3 is 14.2 Å². The number of hydrogen-bond donors (Lipinski definition) is 1. The van der Waals surface area contributed by atoms with Crippen LogP contribution < -0.4 is 19.6 Å². The van der Waals surface area contributed by atoms with Gasteiger partial charge in [0.25, 0.3) is 0 Å². The highest BCUT2D eigenvalue weighted by Gasteiger charge is 2.44. The van der Waals surface area contributed by atoms with Crippen LogP contribution >= 0.6 is 0 Å². The minimum Gasteiger partial charge on any atom is -0.493 e. The van der Waals surface area contributed by atoms with Crippen molar-refractivity contribution in [3.63, 3.8) is 0 Å². The van der Waals surface area contributed by atoms with Crippen molar-refractivity contribution in [2.24, 2.45) is 11.0 Å². The Balaban J connectivity index is 1.61. The molecular weight excluding hydrogens is 380 g/mol. The molecule has 6 nitrogen and oxygen atoms in total. The molecule has 30 heavy (non-hydrogen) atoms. The smallest absolute Gasteiger partial charge is 0.243 e. The highest BCUT2D eigenvalue weighted by atomic mass is 16.5. The summed E-state index contributed by atoms with van der Waals surface area (Å²) in [5.41, 5.74) is 6.01. The molecule has 160 valence electrons. The van der Waals surface area contributed by atoms with Crippen molar-refractivity contribution >= 4 is 12.1 Å². The van der Waals surface area contributed by atoms with Crippen molar-refractivity contribution in [2.45, 2.75) is 38.5 Å². The van der Waals surface area contributed by atoms with Gasteiger partial charge in [-0.25, -0.2) is 5.43 Å². The van der Waals surface area contributed by atoms with Crippen LogP contribution in [0.3, 0.4) is 0 Å². The predicted molar refractivity (Wildman–Crippen MR) is 118 cm³/mol. The van der Waals surface area contributed by atoms with Crippen molar-refractivity contribution in [3.05, 3.63) is 53.1 Å². The van der Waals surface area contributed by atoms with E-state index in [1.807, 2.05) is 0 Å². The maximum absolute atomic E-state index is 12.5. The van der Waals surface area contributed by atoms with Gasteiger partial charge in [-0.3, -0.25) is 4.79 Å². The fourth-order valence-corrected chi connectivity index (χ4v) is 3.51. The molecule has 0 radical (unpaired) electrons. The molecule has 2 aromatic rings. The SMILES string of the molecule is COc1cc(C=NNC(=O)C2CC2c2ccc(C(C)(C)C)cc2)cc(OC)c1OC. The third-order valence-electron chi connectivity index (χ3n) is 5.41. The standard InChI is InChI=1S/C24H30N2O4/c1-24(2,3)17-9-7-16(8-10-17)18-13-19(18)23(27)26-25-14-15-11-20(28-4)22(30-6)21(12-15)29-5/h7-12,14,18-19H,13H2,1-6H3,(H,26,27). The van der Waals surface area contributed by atoms with Crippen LogP contribution in [0.1, 0.15) is 49.8 Å². The van der Waals surface area contributed by atoms with Crippen LogP contribution in [0.2, 0.25) is 0 Å². The van der Waals surface area contributed by atoms with Crippen molar-refractivity contribution < 1.29 is 19.0 Å². The van der Waals surface area contributed by atoms with Gasteiger partial charge in [0.1, 0.15) is 0 Å². The number of carbonyl (C=O) groups excluding carboxylic acids is 1. The zero-order valence-electron chi connectivity index (χ0n) is 18.5. The number of rotatable bonds is 7. The van der Waals surface area contributed by atoms with Gasteiger partial charge in [-0.1, -0.05) is 45.0 Å². The van der Waals surface area contributed by atoms with E-state index in [-0.39, 0.29) is 23.2 Å². The Kier molecular flexibility index (Phi) is 6.34. The van der Waals surface area contributed by atoms with Gasteiger partial charge in [0, 0.05) is 11.5 Å². The van der Waals surface area contributed by atoms with E-state index < -0.39 is 0 Å². The van der Waals surface area contributed by atoms with Gasteiger partial charge in [-0.05, 0) is 41.0 Å². The van der Waals surface area contributed by atoms with Crippen LogP contribution in [0, 0.1) is 5.92 Å². The largest absolute Gasteiger partial charge is 0.493 e. The van der Waals surface area contributed by atoms with E-state index in [0.717, 1.165) is 12.0 Å². The lowest BCUT2D eigenvalue weighted by atomic mass is 9.86. The lowest BCUT2D eigenvalue weighted by Gasteiger charge is -2.19. The summed E-state index contributed by atoms with van der Waals surface area (Å²) in [5, 5.41) is 4.11. The molecule has 0 aromatic heterocycles. The number of nitrogens with zero attached hydrogens (tertiary/aromatic N) is 1. The number of ether oxygens (including phenoxy) is 3. The van der Waals surface area contributed by atoms with Gasteiger partial charge in [0.15, 0.2) is 11.5 Å². The molecule has 1 N–H and O–H groups in total. The molecule has 6 heteroatoms. The monoisotopic (exact) mass is 410 g/mol. The lowest BCUT2D eigenvalue weighted by molar-refractivity contribution is -0.122. The first-order chi connectivity index (χ1) is 14.3. The molecule has 0 aliphatic heterocycles. The normalized spacial score (nSPS) is 18.2. The molecule has 2 aromatic carbocycles. The first-order valence-electron chi connectivity index (χ1n) is 10.0. The van der Waals surface area contributed by atoms with E-state index in [1.165, 1.54) is 11.1 Å². The molecular formula is C24H30N2O4. The Bertz CT molecular complexity index is 904. The number of carbonyl (C=O) groups is 1. The zero-order valence-corrected chi connectivity index (χ0v) is 18.5. The second-order valence-corrected chi connectivity index (χ2v) is 8.51. The molecule has 0 heterocycles. The van der Waals surface area contributed by atoms with E-state index in [1.54, 1.807) is 39.7 Å². The summed E-state index contributed by atoms with van der Waals surface area (Å²) in [7, 11) is 4.67. The average Bonchev–Trinajstić information content (AvgIpc) is 3.53. The quantitative estimate of drug-likeness (QED) is 0.547. The fraction of sp³-hybridized carbons (Fsp3) is 0.417. The average molecular weight is 411 g/mol. The van der Waals surface area contributed by atoms with Gasteiger partial charge in [-0.15, -0.1) is 0 Å². The van der Waals surface area contributed by atoms with Gasteiger partial charge in [-0.2, -0.15) is 5.10 Å². The summed E-state index contributed by atoms with van der Waals surface area (Å²) in [6, 6.07) is 12.1. The first-order valence-corrected chi connectivity index (χ1v) is 10.0. The van der Waals surface area contributed by atoms with Gasteiger partial charge in [0.2, 0.25) is 11.7 Å². The first kappa shape index (κ1) is 21.7. The van der Waals surface area contributed by atoms with Crippen LogP contribution in [-0.4, -0.2) is 33.5 Å². The zero-order chi connectivity index (χ0) is 21.9. The molecule has 0 spiro atoms. The fourth-order valence-electron chi connectivity index (χ4n) is 3.51. The lowest BCUT2D eigenvalue weighted by Crippen LogP contribution is -2.20. The second-order valence-electron chi connectivity index (χ2n) is 8.51. The summed E-state index contributed by atoms with van der Waals surface area (Å²) in [5.74, 6) is 1.73. The van der Waals surface area contributed by atoms with E-state index in [9.17, 15) is 4.79 Å². The molecule has 1 aliphatic rings. The molecule has 2 atom stereocenters. The van der Waals surface area contributed by atoms with Gasteiger partial charge in [0.05, 0.1) is 27.5 Å². The summed E-state index contributed by atoms with van der Waals surface area (Å²) in [6.07, 6.45) is 2.41. The van der Waals surface area contributed by atoms with E-state index in [4.69, 9.17) is 14.2 Å². The number of amides is 1. The Morgan fingerprint density at radius 2 is 1.63 bits per heavy atom.